The van der Waals surface area contributed by atoms with Gasteiger partial charge in [-0.1, -0.05) is 58.3 Å². The van der Waals surface area contributed by atoms with E-state index in [-0.39, 0.29) is 5.60 Å². The fraction of sp³-hybridized carbons (Fsp3) is 1.00. The summed E-state index contributed by atoms with van der Waals surface area (Å²) in [7, 11) is 4.12. The lowest BCUT2D eigenvalue weighted by Gasteiger charge is -2.47. The molecule has 0 spiro atoms. The van der Waals surface area contributed by atoms with E-state index in [1.165, 1.54) is 70.6 Å². The minimum Gasteiger partial charge on any atom is -0.377 e. The number of methoxy groups -OCH3 is 1. The maximum atomic E-state index is 6.20. The van der Waals surface area contributed by atoms with Gasteiger partial charge in [0.25, 0.3) is 0 Å². The summed E-state index contributed by atoms with van der Waals surface area (Å²) in [6.07, 6.45) is 15.0. The third-order valence-electron chi connectivity index (χ3n) is 6.15. The molecule has 2 fully saturated rings. The van der Waals surface area contributed by atoms with Crippen LogP contribution in [0.2, 0.25) is 0 Å². The van der Waals surface area contributed by atoms with Crippen molar-refractivity contribution in [1.29, 1.82) is 0 Å². The maximum Gasteiger partial charge on any atom is 0.0833 e. The zero-order valence-corrected chi connectivity index (χ0v) is 13.9. The van der Waals surface area contributed by atoms with Gasteiger partial charge in [-0.05, 0) is 38.1 Å². The van der Waals surface area contributed by atoms with E-state index in [0.29, 0.717) is 6.04 Å². The predicted molar refractivity (Wildman–Crippen MR) is 86.0 cm³/mol. The fourth-order valence-corrected chi connectivity index (χ4v) is 5.02. The molecule has 0 aromatic rings. The van der Waals surface area contributed by atoms with Crippen LogP contribution in [-0.4, -0.2) is 25.8 Å². The van der Waals surface area contributed by atoms with E-state index < -0.39 is 0 Å². The molecule has 0 saturated heterocycles. The Hall–Kier alpha value is -0.0800. The van der Waals surface area contributed by atoms with Crippen molar-refractivity contribution in [3.05, 3.63) is 0 Å². The van der Waals surface area contributed by atoms with Gasteiger partial charge in [-0.3, -0.25) is 0 Å². The second kappa shape index (κ2) is 7.79. The molecule has 0 aromatic heterocycles. The van der Waals surface area contributed by atoms with E-state index in [2.05, 4.69) is 19.3 Å². The Kier molecular flexibility index (Phi) is 6.35. The SMILES string of the molecule is CCC1CCCCC1C(NC)C1(OC)CCCCCC1. The van der Waals surface area contributed by atoms with E-state index in [1.807, 2.05) is 7.11 Å². The molecular formula is C18H35NO. The van der Waals surface area contributed by atoms with Crippen molar-refractivity contribution in [2.45, 2.75) is 89.2 Å². The van der Waals surface area contributed by atoms with Gasteiger partial charge in [-0.2, -0.15) is 0 Å². The molecule has 2 saturated carbocycles. The Morgan fingerprint density at radius 1 is 1.05 bits per heavy atom. The van der Waals surface area contributed by atoms with E-state index in [0.717, 1.165) is 11.8 Å². The molecule has 2 heteroatoms. The van der Waals surface area contributed by atoms with Gasteiger partial charge in [0.15, 0.2) is 0 Å². The van der Waals surface area contributed by atoms with Crippen LogP contribution in [0.4, 0.5) is 0 Å². The highest BCUT2D eigenvalue weighted by Crippen LogP contribution is 2.42. The molecular weight excluding hydrogens is 246 g/mol. The smallest absolute Gasteiger partial charge is 0.0833 e. The summed E-state index contributed by atoms with van der Waals surface area (Å²) in [6, 6.07) is 0.552. The number of hydrogen-bond acceptors (Lipinski definition) is 2. The molecule has 0 amide bonds. The van der Waals surface area contributed by atoms with E-state index in [4.69, 9.17) is 4.74 Å². The topological polar surface area (TPSA) is 21.3 Å². The van der Waals surface area contributed by atoms with Crippen molar-refractivity contribution in [2.75, 3.05) is 14.2 Å². The lowest BCUT2D eigenvalue weighted by molar-refractivity contribution is -0.0780. The Labute approximate surface area is 126 Å². The van der Waals surface area contributed by atoms with Crippen LogP contribution in [0, 0.1) is 11.8 Å². The molecule has 0 aromatic carbocycles. The molecule has 0 heterocycles. The molecule has 0 aliphatic heterocycles. The zero-order valence-electron chi connectivity index (χ0n) is 13.9. The van der Waals surface area contributed by atoms with Gasteiger partial charge in [0.2, 0.25) is 0 Å². The first-order chi connectivity index (χ1) is 9.77. The lowest BCUT2D eigenvalue weighted by Crippen LogP contribution is -2.56. The van der Waals surface area contributed by atoms with Crippen molar-refractivity contribution < 1.29 is 4.74 Å². The first kappa shape index (κ1) is 16.3. The number of hydrogen-bond donors (Lipinski definition) is 1. The summed E-state index contributed by atoms with van der Waals surface area (Å²) in [5.41, 5.74) is 0.0979. The van der Waals surface area contributed by atoms with Crippen molar-refractivity contribution in [1.82, 2.24) is 5.32 Å². The summed E-state index contributed by atoms with van der Waals surface area (Å²) in [5, 5.41) is 3.70. The van der Waals surface area contributed by atoms with Gasteiger partial charge in [0.1, 0.15) is 0 Å². The van der Waals surface area contributed by atoms with E-state index in [1.54, 1.807) is 0 Å². The maximum absolute atomic E-state index is 6.20. The number of rotatable bonds is 5. The summed E-state index contributed by atoms with van der Waals surface area (Å²) in [4.78, 5) is 0. The highest BCUT2D eigenvalue weighted by Gasteiger charge is 2.44. The van der Waals surface area contributed by atoms with Crippen LogP contribution >= 0.6 is 0 Å². The lowest BCUT2D eigenvalue weighted by atomic mass is 9.68. The molecule has 118 valence electrons. The number of ether oxygens (including phenoxy) is 1. The molecule has 0 bridgehead atoms. The predicted octanol–water partition coefficient (Wildman–Crippen LogP) is 4.53. The van der Waals surface area contributed by atoms with E-state index in [9.17, 15) is 0 Å². The molecule has 2 nitrogen and oxygen atoms in total. The van der Waals surface area contributed by atoms with Crippen molar-refractivity contribution in [3.63, 3.8) is 0 Å². The quantitative estimate of drug-likeness (QED) is 0.748. The molecule has 1 N–H and O–H groups in total. The van der Waals surface area contributed by atoms with Gasteiger partial charge in [0, 0.05) is 13.2 Å². The van der Waals surface area contributed by atoms with Crippen molar-refractivity contribution >= 4 is 0 Å². The largest absolute Gasteiger partial charge is 0.377 e. The average Bonchev–Trinajstić information content (AvgIpc) is 2.75. The van der Waals surface area contributed by atoms with Gasteiger partial charge in [-0.25, -0.2) is 0 Å². The molecule has 2 rings (SSSR count). The minimum absolute atomic E-state index is 0.0979. The highest BCUT2D eigenvalue weighted by molar-refractivity contribution is 4.99. The number of nitrogens with one attached hydrogen (secondary N) is 1. The van der Waals surface area contributed by atoms with Crippen LogP contribution in [0.15, 0.2) is 0 Å². The Bertz CT molecular complexity index is 271. The van der Waals surface area contributed by atoms with Gasteiger partial charge in [0.05, 0.1) is 5.60 Å². The average molecular weight is 281 g/mol. The van der Waals surface area contributed by atoms with Gasteiger partial charge in [-0.15, -0.1) is 0 Å². The molecule has 2 aliphatic rings. The fourth-order valence-electron chi connectivity index (χ4n) is 5.02. The Morgan fingerprint density at radius 3 is 2.25 bits per heavy atom. The van der Waals surface area contributed by atoms with Gasteiger partial charge >= 0.3 is 0 Å². The molecule has 2 aliphatic carbocycles. The van der Waals surface area contributed by atoms with Crippen LogP contribution in [0.1, 0.15) is 77.6 Å². The Balaban J connectivity index is 2.18. The summed E-state index contributed by atoms with van der Waals surface area (Å²) in [6.45, 7) is 2.38. The third-order valence-corrected chi connectivity index (χ3v) is 6.15. The summed E-state index contributed by atoms with van der Waals surface area (Å²) >= 11 is 0. The zero-order chi connectivity index (χ0) is 14.4. The standard InChI is InChI=1S/C18H35NO/c1-4-15-11-7-8-12-16(15)17(19-2)18(20-3)13-9-5-6-10-14-18/h15-17,19H,4-14H2,1-3H3. The normalized spacial score (nSPS) is 32.5. The summed E-state index contributed by atoms with van der Waals surface area (Å²) in [5.74, 6) is 1.72. The molecule has 20 heavy (non-hydrogen) atoms. The van der Waals surface area contributed by atoms with Crippen LogP contribution in [0.5, 0.6) is 0 Å². The van der Waals surface area contributed by atoms with Crippen LogP contribution in [0.25, 0.3) is 0 Å². The second-order valence-electron chi connectivity index (χ2n) is 7.07. The first-order valence-corrected chi connectivity index (χ1v) is 9.00. The summed E-state index contributed by atoms with van der Waals surface area (Å²) < 4.78 is 6.20. The second-order valence-corrected chi connectivity index (χ2v) is 7.07. The van der Waals surface area contributed by atoms with Crippen LogP contribution in [-0.2, 0) is 4.74 Å². The third kappa shape index (κ3) is 3.39. The van der Waals surface area contributed by atoms with Gasteiger partial charge < -0.3 is 10.1 Å². The van der Waals surface area contributed by atoms with Crippen LogP contribution < -0.4 is 5.32 Å². The molecule has 3 unspecified atom stereocenters. The monoisotopic (exact) mass is 281 g/mol. The van der Waals surface area contributed by atoms with Crippen LogP contribution in [0.3, 0.4) is 0 Å². The molecule has 0 radical (unpaired) electrons. The Morgan fingerprint density at radius 2 is 1.70 bits per heavy atom. The number of likely N-dealkylation sites (N-methyl/N-ethyl adjacent to an activating group) is 1. The van der Waals surface area contributed by atoms with Crippen molar-refractivity contribution in [2.24, 2.45) is 11.8 Å². The minimum atomic E-state index is 0.0979. The molecule has 3 atom stereocenters. The first-order valence-electron chi connectivity index (χ1n) is 9.00. The highest BCUT2D eigenvalue weighted by atomic mass is 16.5. The van der Waals surface area contributed by atoms with Crippen molar-refractivity contribution in [3.8, 4) is 0 Å². The van der Waals surface area contributed by atoms with E-state index >= 15 is 0 Å².